The van der Waals surface area contributed by atoms with Gasteiger partial charge in [0, 0.05) is 0 Å². The molecule has 2 aromatic rings. The number of carbonyl (C=O) groups excluding carboxylic acids is 2. The van der Waals surface area contributed by atoms with Crippen LogP contribution in [0.5, 0.6) is 11.5 Å². The van der Waals surface area contributed by atoms with E-state index in [0.717, 1.165) is 25.0 Å². The molecule has 6 heteroatoms. The van der Waals surface area contributed by atoms with Gasteiger partial charge in [-0.05, 0) is 61.1 Å². The second-order valence-corrected chi connectivity index (χ2v) is 6.34. The van der Waals surface area contributed by atoms with Crippen LogP contribution in [0.1, 0.15) is 34.3 Å². The Kier molecular flexibility index (Phi) is 5.96. The van der Waals surface area contributed by atoms with E-state index in [1.54, 1.807) is 12.1 Å². The van der Waals surface area contributed by atoms with Crippen LogP contribution < -0.4 is 14.8 Å². The molecule has 0 radical (unpaired) electrons. The summed E-state index contributed by atoms with van der Waals surface area (Å²) < 4.78 is 15.7. The van der Waals surface area contributed by atoms with Crippen molar-refractivity contribution >= 4 is 17.6 Å². The van der Waals surface area contributed by atoms with Gasteiger partial charge in [0.15, 0.2) is 6.61 Å². The summed E-state index contributed by atoms with van der Waals surface area (Å²) in [6.07, 6.45) is 4.35. The van der Waals surface area contributed by atoms with E-state index >= 15 is 0 Å². The quantitative estimate of drug-likeness (QED) is 0.790. The standard InChI is InChI=1S/C21H23NO5/c1-25-19-11-10-15(21(24)26-2)12-17(19)22-20(23)13-27-18-9-5-7-14-6-3-4-8-16(14)18/h5,7,9-12H,3-4,6,8,13H2,1-2H3,(H,22,23). The molecule has 2 aromatic carbocycles. The zero-order valence-electron chi connectivity index (χ0n) is 15.5. The van der Waals surface area contributed by atoms with Gasteiger partial charge in [-0.1, -0.05) is 12.1 Å². The molecule has 0 unspecified atom stereocenters. The average molecular weight is 369 g/mol. The molecule has 27 heavy (non-hydrogen) atoms. The largest absolute Gasteiger partial charge is 0.495 e. The van der Waals surface area contributed by atoms with Crippen molar-refractivity contribution in [1.29, 1.82) is 0 Å². The molecule has 1 aliphatic rings. The van der Waals surface area contributed by atoms with Crippen LogP contribution in [0.3, 0.4) is 0 Å². The molecule has 3 rings (SSSR count). The third kappa shape index (κ3) is 4.39. The summed E-state index contributed by atoms with van der Waals surface area (Å²) in [6.45, 7) is -0.123. The van der Waals surface area contributed by atoms with Crippen molar-refractivity contribution in [2.24, 2.45) is 0 Å². The molecule has 0 saturated heterocycles. The molecular formula is C21H23NO5. The second-order valence-electron chi connectivity index (χ2n) is 6.34. The highest BCUT2D eigenvalue weighted by molar-refractivity contribution is 5.96. The summed E-state index contributed by atoms with van der Waals surface area (Å²) in [4.78, 5) is 24.1. The lowest BCUT2D eigenvalue weighted by molar-refractivity contribution is -0.118. The first kappa shape index (κ1) is 18.8. The van der Waals surface area contributed by atoms with Gasteiger partial charge in [-0.25, -0.2) is 4.79 Å². The lowest BCUT2D eigenvalue weighted by Crippen LogP contribution is -2.21. The topological polar surface area (TPSA) is 73.9 Å². The number of carbonyl (C=O) groups is 2. The minimum absolute atomic E-state index is 0.123. The van der Waals surface area contributed by atoms with Gasteiger partial charge in [-0.15, -0.1) is 0 Å². The number of anilines is 1. The van der Waals surface area contributed by atoms with E-state index in [2.05, 4.69) is 11.4 Å². The molecule has 6 nitrogen and oxygen atoms in total. The van der Waals surface area contributed by atoms with Crippen LogP contribution in [0.15, 0.2) is 36.4 Å². The number of benzene rings is 2. The highest BCUT2D eigenvalue weighted by Crippen LogP contribution is 2.30. The number of nitrogens with one attached hydrogen (secondary N) is 1. The third-order valence-corrected chi connectivity index (χ3v) is 4.61. The van der Waals surface area contributed by atoms with E-state index < -0.39 is 5.97 Å². The smallest absolute Gasteiger partial charge is 0.337 e. The Hall–Kier alpha value is -3.02. The number of esters is 1. The lowest BCUT2D eigenvalue weighted by atomic mass is 9.91. The van der Waals surface area contributed by atoms with E-state index in [1.807, 2.05) is 12.1 Å². The van der Waals surface area contributed by atoms with Crippen LogP contribution in [-0.2, 0) is 22.4 Å². The van der Waals surface area contributed by atoms with E-state index in [-0.39, 0.29) is 12.5 Å². The summed E-state index contributed by atoms with van der Waals surface area (Å²) in [7, 11) is 2.80. The zero-order valence-corrected chi connectivity index (χ0v) is 15.5. The molecule has 0 fully saturated rings. The van der Waals surface area contributed by atoms with Crippen molar-refractivity contribution in [2.75, 3.05) is 26.1 Å². The molecule has 1 amide bonds. The minimum Gasteiger partial charge on any atom is -0.495 e. The minimum atomic E-state index is -0.486. The maximum absolute atomic E-state index is 12.4. The Balaban J connectivity index is 1.69. The van der Waals surface area contributed by atoms with Crippen LogP contribution in [0.2, 0.25) is 0 Å². The molecule has 142 valence electrons. The number of methoxy groups -OCH3 is 2. The Morgan fingerprint density at radius 2 is 1.85 bits per heavy atom. The molecule has 1 N–H and O–H groups in total. The van der Waals surface area contributed by atoms with Gasteiger partial charge in [-0.2, -0.15) is 0 Å². The second kappa shape index (κ2) is 8.58. The first-order chi connectivity index (χ1) is 13.1. The number of aryl methyl sites for hydroxylation is 1. The van der Waals surface area contributed by atoms with Gasteiger partial charge in [0.25, 0.3) is 5.91 Å². The van der Waals surface area contributed by atoms with Crippen LogP contribution in [-0.4, -0.2) is 32.7 Å². The van der Waals surface area contributed by atoms with Crippen molar-refractivity contribution in [3.63, 3.8) is 0 Å². The van der Waals surface area contributed by atoms with Gasteiger partial charge in [0.1, 0.15) is 11.5 Å². The maximum atomic E-state index is 12.4. The fourth-order valence-electron chi connectivity index (χ4n) is 3.26. The Morgan fingerprint density at radius 1 is 1.04 bits per heavy atom. The van der Waals surface area contributed by atoms with E-state index in [0.29, 0.717) is 17.0 Å². The number of hydrogen-bond donors (Lipinski definition) is 1. The van der Waals surface area contributed by atoms with Crippen molar-refractivity contribution in [3.05, 3.63) is 53.1 Å². The number of fused-ring (bicyclic) bond motifs is 1. The fraction of sp³-hybridized carbons (Fsp3) is 0.333. The van der Waals surface area contributed by atoms with Crippen LogP contribution in [0, 0.1) is 0 Å². The molecule has 0 saturated carbocycles. The summed E-state index contributed by atoms with van der Waals surface area (Å²) >= 11 is 0. The SMILES string of the molecule is COC(=O)c1ccc(OC)c(NC(=O)COc2cccc3c2CCCC3)c1. The summed E-state index contributed by atoms with van der Waals surface area (Å²) in [5.41, 5.74) is 3.21. The van der Waals surface area contributed by atoms with Crippen LogP contribution >= 0.6 is 0 Å². The predicted octanol–water partition coefficient (Wildman–Crippen LogP) is 3.38. The summed E-state index contributed by atoms with van der Waals surface area (Å²) in [5.74, 6) is 0.398. The van der Waals surface area contributed by atoms with E-state index in [4.69, 9.17) is 14.2 Å². The number of hydrogen-bond acceptors (Lipinski definition) is 5. The number of rotatable bonds is 6. The molecule has 0 spiro atoms. The molecule has 0 aromatic heterocycles. The first-order valence-corrected chi connectivity index (χ1v) is 8.92. The van der Waals surface area contributed by atoms with Crippen LogP contribution in [0.4, 0.5) is 5.69 Å². The maximum Gasteiger partial charge on any atom is 0.337 e. The van der Waals surface area contributed by atoms with E-state index in [1.165, 1.54) is 37.8 Å². The Morgan fingerprint density at radius 3 is 2.63 bits per heavy atom. The van der Waals surface area contributed by atoms with Gasteiger partial charge < -0.3 is 19.5 Å². The van der Waals surface area contributed by atoms with Crippen molar-refractivity contribution < 1.29 is 23.8 Å². The molecule has 0 heterocycles. The third-order valence-electron chi connectivity index (χ3n) is 4.61. The van der Waals surface area contributed by atoms with Crippen molar-refractivity contribution in [2.45, 2.75) is 25.7 Å². The van der Waals surface area contributed by atoms with Gasteiger partial charge in [0.2, 0.25) is 0 Å². The zero-order chi connectivity index (χ0) is 19.2. The van der Waals surface area contributed by atoms with Crippen molar-refractivity contribution in [1.82, 2.24) is 0 Å². The summed E-state index contributed by atoms with van der Waals surface area (Å²) in [6, 6.07) is 10.7. The van der Waals surface area contributed by atoms with Gasteiger partial charge >= 0.3 is 5.97 Å². The van der Waals surface area contributed by atoms with Gasteiger partial charge in [-0.3, -0.25) is 4.79 Å². The fourth-order valence-corrected chi connectivity index (χ4v) is 3.26. The lowest BCUT2D eigenvalue weighted by Gasteiger charge is -2.19. The average Bonchev–Trinajstić information content (AvgIpc) is 2.71. The first-order valence-electron chi connectivity index (χ1n) is 8.92. The number of ether oxygens (including phenoxy) is 3. The van der Waals surface area contributed by atoms with Gasteiger partial charge in [0.05, 0.1) is 25.5 Å². The molecule has 1 aliphatic carbocycles. The molecule has 0 atom stereocenters. The van der Waals surface area contributed by atoms with E-state index in [9.17, 15) is 9.59 Å². The van der Waals surface area contributed by atoms with Crippen LogP contribution in [0.25, 0.3) is 0 Å². The van der Waals surface area contributed by atoms with Crippen molar-refractivity contribution in [3.8, 4) is 11.5 Å². The summed E-state index contributed by atoms with van der Waals surface area (Å²) in [5, 5.41) is 2.73. The monoisotopic (exact) mass is 369 g/mol. The Labute approximate surface area is 158 Å². The molecule has 0 aliphatic heterocycles. The highest BCUT2D eigenvalue weighted by atomic mass is 16.5. The normalized spacial score (nSPS) is 12.7. The Bertz CT molecular complexity index is 846. The highest BCUT2D eigenvalue weighted by Gasteiger charge is 2.16. The molecular weight excluding hydrogens is 346 g/mol. The molecule has 0 bridgehead atoms. The predicted molar refractivity (Wildman–Crippen MR) is 102 cm³/mol. The number of amides is 1.